The van der Waals surface area contributed by atoms with Gasteiger partial charge in [-0.15, -0.1) is 11.8 Å². The molecule has 2 aromatic carbocycles. The minimum Gasteiger partial charge on any atom is -0.299 e. The molecule has 3 heteroatoms. The third-order valence-corrected chi connectivity index (χ3v) is 5.24. The Kier molecular flexibility index (Phi) is 4.13. The molecule has 0 bridgehead atoms. The maximum Gasteiger partial charge on any atom is 0.143 e. The molecule has 0 aliphatic heterocycles. The van der Waals surface area contributed by atoms with Crippen molar-refractivity contribution in [2.24, 2.45) is 0 Å². The average Bonchev–Trinajstić information content (AvgIpc) is 2.44. The van der Waals surface area contributed by atoms with Gasteiger partial charge in [0, 0.05) is 11.3 Å². The SMILES string of the molecule is O=C(CSc1ccccc1Cl)CC1Cc2ccccc21. The molecule has 3 rings (SSSR count). The largest absolute Gasteiger partial charge is 0.299 e. The normalized spacial score (nSPS) is 16.4. The summed E-state index contributed by atoms with van der Waals surface area (Å²) in [6.07, 6.45) is 1.69. The molecule has 20 heavy (non-hydrogen) atoms. The van der Waals surface area contributed by atoms with Gasteiger partial charge >= 0.3 is 0 Å². The zero-order valence-electron chi connectivity index (χ0n) is 11.0. The lowest BCUT2D eigenvalue weighted by molar-refractivity contribution is -0.117. The van der Waals surface area contributed by atoms with Crippen LogP contribution in [0.4, 0.5) is 0 Å². The fourth-order valence-electron chi connectivity index (χ4n) is 2.60. The van der Waals surface area contributed by atoms with Gasteiger partial charge in [0.2, 0.25) is 0 Å². The van der Waals surface area contributed by atoms with Gasteiger partial charge in [-0.1, -0.05) is 48.0 Å². The molecule has 1 atom stereocenters. The van der Waals surface area contributed by atoms with Crippen molar-refractivity contribution in [1.82, 2.24) is 0 Å². The molecule has 1 unspecified atom stereocenters. The van der Waals surface area contributed by atoms with Gasteiger partial charge in [-0.25, -0.2) is 0 Å². The minimum absolute atomic E-state index is 0.300. The number of fused-ring (bicyclic) bond motifs is 1. The van der Waals surface area contributed by atoms with Crippen molar-refractivity contribution in [3.63, 3.8) is 0 Å². The van der Waals surface area contributed by atoms with Crippen molar-refractivity contribution in [1.29, 1.82) is 0 Å². The van der Waals surface area contributed by atoms with E-state index < -0.39 is 0 Å². The summed E-state index contributed by atoms with van der Waals surface area (Å²) >= 11 is 7.62. The second kappa shape index (κ2) is 6.02. The number of hydrogen-bond donors (Lipinski definition) is 0. The Morgan fingerprint density at radius 3 is 2.70 bits per heavy atom. The van der Waals surface area contributed by atoms with Gasteiger partial charge in [-0.2, -0.15) is 0 Å². The highest BCUT2D eigenvalue weighted by Gasteiger charge is 2.27. The van der Waals surface area contributed by atoms with E-state index in [1.165, 1.54) is 22.9 Å². The van der Waals surface area contributed by atoms with E-state index in [1.54, 1.807) is 0 Å². The summed E-state index contributed by atoms with van der Waals surface area (Å²) in [5.74, 6) is 1.22. The summed E-state index contributed by atoms with van der Waals surface area (Å²) in [4.78, 5) is 13.1. The maximum atomic E-state index is 12.1. The Labute approximate surface area is 128 Å². The fraction of sp³-hybridized carbons (Fsp3) is 0.235. The van der Waals surface area contributed by atoms with Gasteiger partial charge in [0.15, 0.2) is 0 Å². The number of thioether (sulfide) groups is 1. The van der Waals surface area contributed by atoms with E-state index in [2.05, 4.69) is 18.2 Å². The monoisotopic (exact) mass is 302 g/mol. The van der Waals surface area contributed by atoms with Crippen LogP contribution in [0.1, 0.15) is 23.5 Å². The number of halogens is 1. The van der Waals surface area contributed by atoms with E-state index in [4.69, 9.17) is 11.6 Å². The molecule has 1 aliphatic carbocycles. The highest BCUT2D eigenvalue weighted by atomic mass is 35.5. The first kappa shape index (κ1) is 13.7. The van der Waals surface area contributed by atoms with E-state index >= 15 is 0 Å². The molecule has 1 aliphatic rings. The van der Waals surface area contributed by atoms with Gasteiger partial charge < -0.3 is 0 Å². The van der Waals surface area contributed by atoms with Crippen LogP contribution in [-0.2, 0) is 11.2 Å². The maximum absolute atomic E-state index is 12.1. The second-order valence-electron chi connectivity index (χ2n) is 5.06. The molecule has 1 nitrogen and oxygen atoms in total. The minimum atomic E-state index is 0.300. The van der Waals surface area contributed by atoms with Crippen LogP contribution in [0.5, 0.6) is 0 Å². The molecule has 0 fully saturated rings. The lowest BCUT2D eigenvalue weighted by atomic mass is 9.75. The third-order valence-electron chi connectivity index (χ3n) is 3.66. The molecule has 0 N–H and O–H groups in total. The van der Waals surface area contributed by atoms with Gasteiger partial charge in [-0.05, 0) is 35.6 Å². The van der Waals surface area contributed by atoms with E-state index in [0.717, 1.165) is 16.3 Å². The molecule has 0 aromatic heterocycles. The van der Waals surface area contributed by atoms with Crippen LogP contribution in [0.2, 0.25) is 5.02 Å². The molecular formula is C17H15ClOS. The first-order chi connectivity index (χ1) is 9.74. The zero-order valence-corrected chi connectivity index (χ0v) is 12.6. The van der Waals surface area contributed by atoms with Crippen LogP contribution in [-0.4, -0.2) is 11.5 Å². The van der Waals surface area contributed by atoms with Gasteiger partial charge in [-0.3, -0.25) is 4.79 Å². The molecule has 0 amide bonds. The number of carbonyl (C=O) groups excluding carboxylic acids is 1. The van der Waals surface area contributed by atoms with Gasteiger partial charge in [0.1, 0.15) is 5.78 Å². The Morgan fingerprint density at radius 1 is 1.15 bits per heavy atom. The third kappa shape index (κ3) is 2.92. The van der Waals surface area contributed by atoms with E-state index in [0.29, 0.717) is 23.9 Å². The molecular weight excluding hydrogens is 288 g/mol. The summed E-state index contributed by atoms with van der Waals surface area (Å²) < 4.78 is 0. The number of benzene rings is 2. The number of carbonyl (C=O) groups is 1. The molecule has 0 heterocycles. The van der Waals surface area contributed by atoms with Gasteiger partial charge in [0.25, 0.3) is 0 Å². The average molecular weight is 303 g/mol. The van der Waals surface area contributed by atoms with Crippen molar-refractivity contribution in [3.05, 3.63) is 64.7 Å². The lowest BCUT2D eigenvalue weighted by Gasteiger charge is -2.29. The van der Waals surface area contributed by atoms with E-state index in [-0.39, 0.29) is 0 Å². The number of Topliss-reactive ketones (excluding diaryl/α,β-unsaturated/α-hetero) is 1. The van der Waals surface area contributed by atoms with Crippen molar-refractivity contribution < 1.29 is 4.79 Å². The molecule has 0 saturated heterocycles. The van der Waals surface area contributed by atoms with Crippen LogP contribution in [0.3, 0.4) is 0 Å². The Balaban J connectivity index is 1.53. The van der Waals surface area contributed by atoms with Gasteiger partial charge in [0.05, 0.1) is 10.8 Å². The highest BCUT2D eigenvalue weighted by molar-refractivity contribution is 8.00. The summed E-state index contributed by atoms with van der Waals surface area (Å²) in [6, 6.07) is 16.1. The molecule has 0 radical (unpaired) electrons. The Bertz CT molecular complexity index is 638. The topological polar surface area (TPSA) is 17.1 Å². The predicted molar refractivity (Wildman–Crippen MR) is 84.7 cm³/mol. The number of ketones is 1. The van der Waals surface area contributed by atoms with Crippen LogP contribution in [0, 0.1) is 0 Å². The number of hydrogen-bond acceptors (Lipinski definition) is 2. The van der Waals surface area contributed by atoms with Crippen molar-refractivity contribution in [2.45, 2.75) is 23.7 Å². The molecule has 0 saturated carbocycles. The van der Waals surface area contributed by atoms with E-state index in [1.807, 2.05) is 30.3 Å². The van der Waals surface area contributed by atoms with Crippen LogP contribution in [0.15, 0.2) is 53.4 Å². The van der Waals surface area contributed by atoms with Crippen LogP contribution < -0.4 is 0 Å². The van der Waals surface area contributed by atoms with Crippen LogP contribution >= 0.6 is 23.4 Å². The highest BCUT2D eigenvalue weighted by Crippen LogP contribution is 2.37. The summed E-state index contributed by atoms with van der Waals surface area (Å²) in [7, 11) is 0. The lowest BCUT2D eigenvalue weighted by Crippen LogP contribution is -2.20. The molecule has 0 spiro atoms. The van der Waals surface area contributed by atoms with Crippen molar-refractivity contribution >= 4 is 29.1 Å². The summed E-state index contributed by atoms with van der Waals surface area (Å²) in [5.41, 5.74) is 2.74. The molecule has 2 aromatic rings. The Morgan fingerprint density at radius 2 is 1.90 bits per heavy atom. The standard InChI is InChI=1S/C17H15ClOS/c18-16-7-3-4-8-17(16)20-11-14(19)10-13-9-12-5-1-2-6-15(12)13/h1-8,13H,9-11H2. The van der Waals surface area contributed by atoms with Crippen molar-refractivity contribution in [2.75, 3.05) is 5.75 Å². The summed E-state index contributed by atoms with van der Waals surface area (Å²) in [5, 5.41) is 0.722. The molecule has 102 valence electrons. The zero-order chi connectivity index (χ0) is 13.9. The van der Waals surface area contributed by atoms with Crippen molar-refractivity contribution in [3.8, 4) is 0 Å². The first-order valence-electron chi connectivity index (χ1n) is 6.71. The number of rotatable bonds is 5. The quantitative estimate of drug-likeness (QED) is 0.743. The Hall–Kier alpha value is -1.25. The predicted octanol–water partition coefficient (Wildman–Crippen LogP) is 4.73. The first-order valence-corrected chi connectivity index (χ1v) is 8.07. The van der Waals surface area contributed by atoms with E-state index in [9.17, 15) is 4.79 Å². The van der Waals surface area contributed by atoms with Crippen LogP contribution in [0.25, 0.3) is 0 Å². The second-order valence-corrected chi connectivity index (χ2v) is 6.49. The summed E-state index contributed by atoms with van der Waals surface area (Å²) in [6.45, 7) is 0. The smallest absolute Gasteiger partial charge is 0.143 e. The fourth-order valence-corrected chi connectivity index (χ4v) is 3.71.